The van der Waals surface area contributed by atoms with Crippen molar-refractivity contribution in [3.8, 4) is 11.8 Å². The van der Waals surface area contributed by atoms with Crippen LogP contribution in [-0.2, 0) is 13.6 Å². The molecule has 0 unspecified atom stereocenters. The lowest BCUT2D eigenvalue weighted by Crippen LogP contribution is -2.38. The lowest BCUT2D eigenvalue weighted by Gasteiger charge is -2.12. The van der Waals surface area contributed by atoms with Gasteiger partial charge in [-0.05, 0) is 22.0 Å². The first kappa shape index (κ1) is 16.7. The summed E-state index contributed by atoms with van der Waals surface area (Å²) < 4.78 is 5.49. The second-order valence-corrected chi connectivity index (χ2v) is 8.06. The Labute approximate surface area is 158 Å². The summed E-state index contributed by atoms with van der Waals surface area (Å²) in [5.74, 6) is 0. The summed E-state index contributed by atoms with van der Waals surface area (Å²) in [6.07, 6.45) is 4.83. The molecule has 0 N–H and O–H groups in total. The van der Waals surface area contributed by atoms with Gasteiger partial charge in [0.15, 0.2) is 0 Å². The molecule has 0 amide bonds. The Morgan fingerprint density at radius 3 is 2.92 bits per heavy atom. The fraction of sp³-hybridized carbons (Fsp3) is 0.188. The molecule has 0 aliphatic heterocycles. The first-order valence-corrected chi connectivity index (χ1v) is 9.21. The van der Waals surface area contributed by atoms with E-state index >= 15 is 0 Å². The normalized spacial score (nSPS) is 11.3. The molecule has 4 aromatic heterocycles. The molecule has 0 saturated heterocycles. The van der Waals surface area contributed by atoms with Crippen LogP contribution in [-0.4, -0.2) is 23.7 Å². The van der Waals surface area contributed by atoms with Gasteiger partial charge >= 0.3 is 5.69 Å². The molecular formula is C16H11BrN6O2S. The monoisotopic (exact) mass is 430 g/mol. The molecule has 0 bridgehead atoms. The number of pyridine rings is 1. The van der Waals surface area contributed by atoms with Crippen LogP contribution in [0.2, 0.25) is 0 Å². The zero-order valence-electron chi connectivity index (χ0n) is 13.5. The van der Waals surface area contributed by atoms with Crippen LogP contribution in [0.5, 0.6) is 0 Å². The van der Waals surface area contributed by atoms with Gasteiger partial charge < -0.3 is 4.57 Å². The Morgan fingerprint density at radius 1 is 1.35 bits per heavy atom. The summed E-state index contributed by atoms with van der Waals surface area (Å²) in [4.78, 5) is 34.6. The number of nitriles is 1. The number of hydrogen-bond acceptors (Lipinski definition) is 6. The Kier molecular flexibility index (Phi) is 3.97. The van der Waals surface area contributed by atoms with Crippen molar-refractivity contribution in [1.29, 1.82) is 5.26 Å². The fourth-order valence-corrected chi connectivity index (χ4v) is 4.49. The van der Waals surface area contributed by atoms with Gasteiger partial charge in [-0.15, -0.1) is 11.3 Å². The molecule has 0 saturated carbocycles. The Morgan fingerprint density at radius 2 is 2.15 bits per heavy atom. The predicted molar refractivity (Wildman–Crippen MR) is 102 cm³/mol. The van der Waals surface area contributed by atoms with E-state index in [-0.39, 0.29) is 13.0 Å². The molecule has 4 heterocycles. The van der Waals surface area contributed by atoms with Gasteiger partial charge in [-0.2, -0.15) is 5.26 Å². The molecule has 4 rings (SSSR count). The van der Waals surface area contributed by atoms with Gasteiger partial charge in [-0.3, -0.25) is 14.3 Å². The highest BCUT2D eigenvalue weighted by molar-refractivity contribution is 9.11. The van der Waals surface area contributed by atoms with E-state index in [1.54, 1.807) is 30.2 Å². The van der Waals surface area contributed by atoms with Crippen molar-refractivity contribution >= 4 is 48.5 Å². The van der Waals surface area contributed by atoms with Crippen molar-refractivity contribution in [2.45, 2.75) is 13.0 Å². The minimum Gasteiger partial charge on any atom is -0.332 e. The molecule has 0 spiro atoms. The van der Waals surface area contributed by atoms with Crippen LogP contribution in [0.4, 0.5) is 0 Å². The number of imidazole rings is 1. The van der Waals surface area contributed by atoms with Crippen LogP contribution < -0.4 is 11.2 Å². The number of rotatable bonds is 3. The zero-order valence-corrected chi connectivity index (χ0v) is 15.9. The molecule has 10 heteroatoms. The smallest absolute Gasteiger partial charge is 0.332 e. The summed E-state index contributed by atoms with van der Waals surface area (Å²) in [5.41, 5.74) is 1.21. The number of aromatic nitrogens is 5. The second kappa shape index (κ2) is 6.19. The molecule has 8 nitrogen and oxygen atoms in total. The Bertz CT molecular complexity index is 1320. The lowest BCUT2D eigenvalue weighted by molar-refractivity contribution is 0.663. The molecule has 0 aliphatic rings. The average molecular weight is 431 g/mol. The van der Waals surface area contributed by atoms with E-state index < -0.39 is 11.2 Å². The first-order valence-electron chi connectivity index (χ1n) is 7.60. The minimum atomic E-state index is -0.501. The molecule has 4 aromatic rings. The summed E-state index contributed by atoms with van der Waals surface area (Å²) in [7, 11) is 1.79. The van der Waals surface area contributed by atoms with Crippen LogP contribution >= 0.6 is 27.3 Å². The van der Waals surface area contributed by atoms with Crippen LogP contribution in [0.1, 0.15) is 6.42 Å². The molecule has 130 valence electrons. The number of halogens is 1. The van der Waals surface area contributed by atoms with E-state index in [0.717, 1.165) is 8.35 Å². The molecule has 0 atom stereocenters. The molecule has 0 aliphatic carbocycles. The third-order valence-corrected chi connectivity index (χ3v) is 5.70. The van der Waals surface area contributed by atoms with E-state index in [9.17, 15) is 9.59 Å². The second-order valence-electron chi connectivity index (χ2n) is 5.63. The maximum absolute atomic E-state index is 13.1. The van der Waals surface area contributed by atoms with E-state index in [1.807, 2.05) is 6.07 Å². The number of fused-ring (bicyclic) bond motifs is 2. The van der Waals surface area contributed by atoms with Crippen LogP contribution in [0.3, 0.4) is 0 Å². The number of hydrogen-bond donors (Lipinski definition) is 0. The summed E-state index contributed by atoms with van der Waals surface area (Å²) in [6.45, 7) is 0.198. The summed E-state index contributed by atoms with van der Waals surface area (Å²) in [6, 6.07) is 3.77. The SMILES string of the molecule is Cn1cnc2cncc(-n3c(=O)c4sc(Br)cc4n(CCC#N)c3=O)c21. The first-order chi connectivity index (χ1) is 12.5. The minimum absolute atomic E-state index is 0.162. The molecule has 0 radical (unpaired) electrons. The van der Waals surface area contributed by atoms with E-state index in [2.05, 4.69) is 25.9 Å². The van der Waals surface area contributed by atoms with Crippen LogP contribution in [0.15, 0.2) is 38.2 Å². The molecule has 0 aromatic carbocycles. The van der Waals surface area contributed by atoms with Gasteiger partial charge in [-0.25, -0.2) is 14.3 Å². The fourth-order valence-electron chi connectivity index (χ4n) is 2.97. The average Bonchev–Trinajstić information content (AvgIpc) is 3.19. The van der Waals surface area contributed by atoms with Gasteiger partial charge in [-0.1, -0.05) is 0 Å². The number of aryl methyl sites for hydroxylation is 2. The van der Waals surface area contributed by atoms with E-state index in [0.29, 0.717) is 26.9 Å². The van der Waals surface area contributed by atoms with Gasteiger partial charge in [0.1, 0.15) is 10.2 Å². The van der Waals surface area contributed by atoms with Crippen LogP contribution in [0, 0.1) is 11.3 Å². The van der Waals surface area contributed by atoms with Gasteiger partial charge in [0.2, 0.25) is 0 Å². The van der Waals surface area contributed by atoms with Crippen molar-refractivity contribution < 1.29 is 0 Å². The topological polar surface area (TPSA) is 98.5 Å². The molecule has 0 fully saturated rings. The van der Waals surface area contributed by atoms with E-state index in [1.165, 1.54) is 22.1 Å². The maximum atomic E-state index is 13.1. The number of nitrogens with zero attached hydrogens (tertiary/aromatic N) is 6. The Balaban J connectivity index is 2.16. The van der Waals surface area contributed by atoms with Gasteiger partial charge in [0, 0.05) is 13.6 Å². The van der Waals surface area contributed by atoms with E-state index in [4.69, 9.17) is 5.26 Å². The summed E-state index contributed by atoms with van der Waals surface area (Å²) in [5, 5.41) is 8.92. The molecule has 26 heavy (non-hydrogen) atoms. The third kappa shape index (κ3) is 2.40. The standard InChI is InChI=1S/C16H11BrN6O2S/c1-21-8-20-9-6-19-7-11(13(9)21)23-15(24)14-10(5-12(17)26-14)22(16(23)25)4-2-3-18/h5-8H,2,4H2,1H3. The van der Waals surface area contributed by atoms with Crippen molar-refractivity contribution in [2.75, 3.05) is 0 Å². The highest BCUT2D eigenvalue weighted by Crippen LogP contribution is 2.27. The highest BCUT2D eigenvalue weighted by atomic mass is 79.9. The van der Waals surface area contributed by atoms with Crippen molar-refractivity contribution in [1.82, 2.24) is 23.7 Å². The van der Waals surface area contributed by atoms with Gasteiger partial charge in [0.05, 0.1) is 51.7 Å². The van der Waals surface area contributed by atoms with Crippen molar-refractivity contribution in [3.05, 3.63) is 49.4 Å². The lowest BCUT2D eigenvalue weighted by atomic mass is 10.3. The predicted octanol–water partition coefficient (Wildman–Crippen LogP) is 2.17. The highest BCUT2D eigenvalue weighted by Gasteiger charge is 2.19. The Hall–Kier alpha value is -2.77. The maximum Gasteiger partial charge on any atom is 0.336 e. The zero-order chi connectivity index (χ0) is 18.4. The molecular weight excluding hydrogens is 420 g/mol. The van der Waals surface area contributed by atoms with Crippen molar-refractivity contribution in [2.24, 2.45) is 7.05 Å². The van der Waals surface area contributed by atoms with Crippen molar-refractivity contribution in [3.63, 3.8) is 0 Å². The van der Waals surface area contributed by atoms with Gasteiger partial charge in [0.25, 0.3) is 5.56 Å². The quantitative estimate of drug-likeness (QED) is 0.495. The largest absolute Gasteiger partial charge is 0.336 e. The van der Waals surface area contributed by atoms with Crippen LogP contribution in [0.25, 0.3) is 26.9 Å². The summed E-state index contributed by atoms with van der Waals surface area (Å²) >= 11 is 4.63. The number of thiophene rings is 1. The third-order valence-electron chi connectivity index (χ3n) is 4.08.